The number of fused-ring (bicyclic) bond motifs is 1. The highest BCUT2D eigenvalue weighted by molar-refractivity contribution is 5.65. The molecule has 3 aromatic heterocycles. The first-order chi connectivity index (χ1) is 14.1. The Labute approximate surface area is 171 Å². The van der Waals surface area contributed by atoms with Gasteiger partial charge in [0, 0.05) is 73.1 Å². The molecule has 0 bridgehead atoms. The van der Waals surface area contributed by atoms with Crippen molar-refractivity contribution in [3.63, 3.8) is 0 Å². The molecule has 1 fully saturated rings. The van der Waals surface area contributed by atoms with E-state index in [2.05, 4.69) is 51.8 Å². The summed E-state index contributed by atoms with van der Waals surface area (Å²) in [6.45, 7) is 10.1. The Hall–Kier alpha value is -3.02. The van der Waals surface area contributed by atoms with Gasteiger partial charge in [0.25, 0.3) is 0 Å². The lowest BCUT2D eigenvalue weighted by Crippen LogP contribution is -2.37. The van der Waals surface area contributed by atoms with Crippen LogP contribution in [-0.4, -0.2) is 39.6 Å². The molecule has 0 spiro atoms. The first kappa shape index (κ1) is 18.0. The minimum Gasteiger partial charge on any atom is -0.356 e. The molecule has 29 heavy (non-hydrogen) atoms. The van der Waals surface area contributed by atoms with Gasteiger partial charge in [-0.1, -0.05) is 0 Å². The Kier molecular flexibility index (Phi) is 4.42. The van der Waals surface area contributed by atoms with Crippen LogP contribution in [0.4, 0.5) is 11.6 Å². The van der Waals surface area contributed by atoms with Gasteiger partial charge in [-0.2, -0.15) is 0 Å². The molecule has 0 amide bonds. The fourth-order valence-electron chi connectivity index (χ4n) is 4.11. The number of nitrogens with zero attached hydrogens (tertiary/aromatic N) is 6. The lowest BCUT2D eigenvalue weighted by Gasteiger charge is -2.32. The van der Waals surface area contributed by atoms with Crippen molar-refractivity contribution in [3.05, 3.63) is 58.9 Å². The summed E-state index contributed by atoms with van der Waals surface area (Å²) < 4.78 is 0. The summed E-state index contributed by atoms with van der Waals surface area (Å²) in [6, 6.07) is 6.55. The van der Waals surface area contributed by atoms with Gasteiger partial charge in [0.2, 0.25) is 0 Å². The van der Waals surface area contributed by atoms with Gasteiger partial charge < -0.3 is 9.80 Å². The number of aromatic nitrogens is 4. The van der Waals surface area contributed by atoms with Crippen molar-refractivity contribution in [1.29, 1.82) is 0 Å². The Morgan fingerprint density at radius 2 is 1.69 bits per heavy atom. The molecule has 2 aliphatic heterocycles. The van der Waals surface area contributed by atoms with Crippen molar-refractivity contribution in [2.45, 2.75) is 40.2 Å². The zero-order chi connectivity index (χ0) is 20.0. The third kappa shape index (κ3) is 3.33. The van der Waals surface area contributed by atoms with E-state index in [1.807, 2.05) is 19.3 Å². The summed E-state index contributed by atoms with van der Waals surface area (Å²) in [5, 5.41) is 0. The molecule has 5 heterocycles. The number of anilines is 2. The first-order valence-electron chi connectivity index (χ1n) is 10.3. The van der Waals surface area contributed by atoms with Crippen LogP contribution >= 0.6 is 0 Å². The van der Waals surface area contributed by atoms with Crippen molar-refractivity contribution in [3.8, 4) is 11.1 Å². The molecule has 0 N–H and O–H groups in total. The van der Waals surface area contributed by atoms with Gasteiger partial charge in [0.05, 0.1) is 0 Å². The SMILES string of the molecule is Cc1nc(C)c(C)c(N2CCc3ncc(-c4ccc(N5CCC5)nc4)cc3C2)n1. The molecular weight excluding hydrogens is 360 g/mol. The Morgan fingerprint density at radius 3 is 2.41 bits per heavy atom. The van der Waals surface area contributed by atoms with Crippen molar-refractivity contribution in [2.75, 3.05) is 29.4 Å². The van der Waals surface area contributed by atoms with Crippen LogP contribution in [0.15, 0.2) is 30.6 Å². The second kappa shape index (κ2) is 7.10. The molecule has 148 valence electrons. The van der Waals surface area contributed by atoms with Gasteiger partial charge in [-0.25, -0.2) is 15.0 Å². The van der Waals surface area contributed by atoms with E-state index < -0.39 is 0 Å². The number of rotatable bonds is 3. The van der Waals surface area contributed by atoms with Crippen LogP contribution in [0.3, 0.4) is 0 Å². The minimum atomic E-state index is 0.826. The molecule has 0 radical (unpaired) electrons. The highest BCUT2D eigenvalue weighted by atomic mass is 15.2. The maximum Gasteiger partial charge on any atom is 0.135 e. The summed E-state index contributed by atoms with van der Waals surface area (Å²) >= 11 is 0. The Morgan fingerprint density at radius 1 is 0.862 bits per heavy atom. The number of pyridine rings is 2. The largest absolute Gasteiger partial charge is 0.356 e. The quantitative estimate of drug-likeness (QED) is 0.685. The smallest absolute Gasteiger partial charge is 0.135 e. The number of hydrogen-bond acceptors (Lipinski definition) is 6. The second-order valence-corrected chi connectivity index (χ2v) is 8.05. The third-order valence-electron chi connectivity index (χ3n) is 6.08. The van der Waals surface area contributed by atoms with Crippen LogP contribution in [0.5, 0.6) is 0 Å². The highest BCUT2D eigenvalue weighted by Gasteiger charge is 2.22. The molecule has 2 aliphatic rings. The van der Waals surface area contributed by atoms with Crippen molar-refractivity contribution >= 4 is 11.6 Å². The van der Waals surface area contributed by atoms with E-state index in [9.17, 15) is 0 Å². The summed E-state index contributed by atoms with van der Waals surface area (Å²) in [4.78, 5) is 23.3. The topological polar surface area (TPSA) is 58.0 Å². The van der Waals surface area contributed by atoms with Gasteiger partial charge in [0.15, 0.2) is 0 Å². The fourth-order valence-corrected chi connectivity index (χ4v) is 4.11. The molecule has 6 nitrogen and oxygen atoms in total. The van der Waals surface area contributed by atoms with Crippen LogP contribution < -0.4 is 9.80 Å². The van der Waals surface area contributed by atoms with Crippen LogP contribution in [-0.2, 0) is 13.0 Å². The summed E-state index contributed by atoms with van der Waals surface area (Å²) in [7, 11) is 0. The average Bonchev–Trinajstić information content (AvgIpc) is 2.69. The summed E-state index contributed by atoms with van der Waals surface area (Å²) in [5.41, 5.74) is 6.92. The zero-order valence-electron chi connectivity index (χ0n) is 17.3. The predicted molar refractivity (Wildman–Crippen MR) is 115 cm³/mol. The average molecular weight is 387 g/mol. The number of hydrogen-bond donors (Lipinski definition) is 0. The molecule has 6 heteroatoms. The van der Waals surface area contributed by atoms with Crippen molar-refractivity contribution in [1.82, 2.24) is 19.9 Å². The molecule has 0 atom stereocenters. The molecular formula is C23H26N6. The van der Waals surface area contributed by atoms with Crippen LogP contribution in [0.25, 0.3) is 11.1 Å². The van der Waals surface area contributed by atoms with Crippen molar-refractivity contribution in [2.24, 2.45) is 0 Å². The van der Waals surface area contributed by atoms with E-state index in [1.54, 1.807) is 0 Å². The maximum atomic E-state index is 4.77. The van der Waals surface area contributed by atoms with Crippen LogP contribution in [0.2, 0.25) is 0 Å². The molecule has 0 unspecified atom stereocenters. The maximum absolute atomic E-state index is 4.77. The Bertz CT molecular complexity index is 1060. The zero-order valence-corrected chi connectivity index (χ0v) is 17.3. The van der Waals surface area contributed by atoms with E-state index >= 15 is 0 Å². The van der Waals surface area contributed by atoms with Crippen LogP contribution in [0.1, 0.15) is 34.8 Å². The van der Waals surface area contributed by atoms with E-state index in [1.165, 1.54) is 17.7 Å². The standard InChI is InChI=1S/C23H26N6/c1-15-16(2)26-17(3)27-23(15)29-10-7-21-20(14-29)11-19(13-24-21)18-5-6-22(25-12-18)28-8-4-9-28/h5-6,11-13H,4,7-10,14H2,1-3H3. The summed E-state index contributed by atoms with van der Waals surface area (Å²) in [5.74, 6) is 2.95. The van der Waals surface area contributed by atoms with Gasteiger partial charge in [-0.3, -0.25) is 4.98 Å². The molecule has 5 rings (SSSR count). The van der Waals surface area contributed by atoms with Crippen molar-refractivity contribution < 1.29 is 0 Å². The molecule has 0 aliphatic carbocycles. The first-order valence-corrected chi connectivity index (χ1v) is 10.3. The predicted octanol–water partition coefficient (Wildman–Crippen LogP) is 3.63. The normalized spacial score (nSPS) is 15.8. The Balaban J connectivity index is 1.42. The van der Waals surface area contributed by atoms with Gasteiger partial charge >= 0.3 is 0 Å². The van der Waals surface area contributed by atoms with E-state index in [0.717, 1.165) is 72.4 Å². The summed E-state index contributed by atoms with van der Waals surface area (Å²) in [6.07, 6.45) is 6.15. The molecule has 1 saturated heterocycles. The molecule has 0 aromatic carbocycles. The van der Waals surface area contributed by atoms with Gasteiger partial charge in [0.1, 0.15) is 17.5 Å². The second-order valence-electron chi connectivity index (χ2n) is 8.05. The lowest BCUT2D eigenvalue weighted by atomic mass is 10.0. The monoisotopic (exact) mass is 386 g/mol. The number of aryl methyl sites for hydroxylation is 2. The van der Waals surface area contributed by atoms with Gasteiger partial charge in [-0.05, 0) is 51.0 Å². The molecule has 3 aromatic rings. The van der Waals surface area contributed by atoms with Crippen LogP contribution in [0, 0.1) is 20.8 Å². The minimum absolute atomic E-state index is 0.826. The van der Waals surface area contributed by atoms with E-state index in [4.69, 9.17) is 9.97 Å². The van der Waals surface area contributed by atoms with E-state index in [0.29, 0.717) is 0 Å². The highest BCUT2D eigenvalue weighted by Crippen LogP contribution is 2.29. The van der Waals surface area contributed by atoms with Gasteiger partial charge in [-0.15, -0.1) is 0 Å². The van der Waals surface area contributed by atoms with E-state index in [-0.39, 0.29) is 0 Å². The lowest BCUT2D eigenvalue weighted by molar-refractivity contribution is 0.610. The molecule has 0 saturated carbocycles. The third-order valence-corrected chi connectivity index (χ3v) is 6.08. The fraction of sp³-hybridized carbons (Fsp3) is 0.391.